The summed E-state index contributed by atoms with van der Waals surface area (Å²) >= 11 is 5.70. The van der Waals surface area contributed by atoms with Gasteiger partial charge in [0.1, 0.15) is 17.5 Å². The minimum atomic E-state index is -1.13. The van der Waals surface area contributed by atoms with Crippen molar-refractivity contribution >= 4 is 40.8 Å². The maximum absolute atomic E-state index is 14.0. The zero-order chi connectivity index (χ0) is 30.5. The third-order valence-electron chi connectivity index (χ3n) is 7.56. The molecule has 2 fully saturated rings. The van der Waals surface area contributed by atoms with Crippen molar-refractivity contribution in [3.8, 4) is 0 Å². The number of pyridine rings is 1. The fourth-order valence-corrected chi connectivity index (χ4v) is 5.48. The molecule has 1 aliphatic heterocycles. The average molecular weight is 610 g/mol. The zero-order valence-electron chi connectivity index (χ0n) is 23.0. The highest BCUT2D eigenvalue weighted by Gasteiger charge is 2.31. The molecule has 11 nitrogen and oxygen atoms in total. The Morgan fingerprint density at radius 1 is 1.19 bits per heavy atom. The Kier molecular flexibility index (Phi) is 9.15. The van der Waals surface area contributed by atoms with Crippen LogP contribution in [0.3, 0.4) is 0 Å². The van der Waals surface area contributed by atoms with E-state index in [-0.39, 0.29) is 47.1 Å². The molecule has 1 aromatic carbocycles. The van der Waals surface area contributed by atoms with Crippen LogP contribution in [0, 0.1) is 11.7 Å². The standard InChI is InChI=1S/C30H29ClFN5O6/c31-26-16-23(36-43-26)28(40)35-22-4-2-12-37(30(22)42)24(13-17-6-8-20(32)9-7-17)29(41)34-21(14-18-3-1-5-25(18)38)15-19-10-11-33-27(19)39/h2,4,6-9,12,14,16,19,21,24H,1,3,5,10-11,13,15H2,(H,33,39)(H,34,41)(H,35,40)/b18-14+/t19-,21+,24-/m0/s1. The van der Waals surface area contributed by atoms with Crippen molar-refractivity contribution < 1.29 is 28.1 Å². The number of ketones is 1. The summed E-state index contributed by atoms with van der Waals surface area (Å²) in [6, 6.07) is 7.82. The van der Waals surface area contributed by atoms with Crippen LogP contribution in [0.25, 0.3) is 0 Å². The number of nitrogens with zero attached hydrogens (tertiary/aromatic N) is 2. The average Bonchev–Trinajstić information content (AvgIpc) is 3.71. The first-order chi connectivity index (χ1) is 20.7. The number of carbonyl (C=O) groups is 4. The maximum atomic E-state index is 14.0. The van der Waals surface area contributed by atoms with Gasteiger partial charge in [-0.15, -0.1) is 0 Å². The van der Waals surface area contributed by atoms with Gasteiger partial charge in [-0.05, 0) is 72.7 Å². The predicted octanol–water partition coefficient (Wildman–Crippen LogP) is 3.36. The summed E-state index contributed by atoms with van der Waals surface area (Å²) in [5, 5.41) is 11.6. The molecule has 5 rings (SSSR count). The second kappa shape index (κ2) is 13.2. The summed E-state index contributed by atoms with van der Waals surface area (Å²) in [4.78, 5) is 64.9. The molecule has 3 atom stereocenters. The van der Waals surface area contributed by atoms with Gasteiger partial charge in [-0.3, -0.25) is 24.0 Å². The number of halogens is 2. The third kappa shape index (κ3) is 7.26. The number of Topliss-reactive ketones (excluding diaryl/α,β-unsaturated/α-hetero) is 1. The Bertz CT molecular complexity index is 1630. The molecule has 1 aliphatic carbocycles. The van der Waals surface area contributed by atoms with Crippen LogP contribution in [0.15, 0.2) is 69.6 Å². The number of aromatic nitrogens is 2. The van der Waals surface area contributed by atoms with E-state index in [9.17, 15) is 28.4 Å². The highest BCUT2D eigenvalue weighted by Crippen LogP contribution is 2.25. The molecule has 13 heteroatoms. The van der Waals surface area contributed by atoms with Crippen molar-refractivity contribution in [2.75, 3.05) is 11.9 Å². The molecule has 0 unspecified atom stereocenters. The minimum Gasteiger partial charge on any atom is -0.356 e. The molecular formula is C30H29ClFN5O6. The first-order valence-electron chi connectivity index (χ1n) is 13.9. The van der Waals surface area contributed by atoms with Crippen LogP contribution >= 0.6 is 11.6 Å². The van der Waals surface area contributed by atoms with Crippen LogP contribution in [-0.4, -0.2) is 45.8 Å². The van der Waals surface area contributed by atoms with Crippen LogP contribution in [0.4, 0.5) is 10.1 Å². The molecule has 1 saturated heterocycles. The van der Waals surface area contributed by atoms with Crippen molar-refractivity contribution in [1.82, 2.24) is 20.4 Å². The second-order valence-electron chi connectivity index (χ2n) is 10.5. The van der Waals surface area contributed by atoms with Crippen molar-refractivity contribution in [1.29, 1.82) is 0 Å². The molecule has 2 aliphatic rings. The summed E-state index contributed by atoms with van der Waals surface area (Å²) in [6.07, 6.45) is 5.75. The molecule has 3 heterocycles. The quantitative estimate of drug-likeness (QED) is 0.298. The summed E-state index contributed by atoms with van der Waals surface area (Å²) < 4.78 is 19.5. The van der Waals surface area contributed by atoms with Gasteiger partial charge in [-0.2, -0.15) is 0 Å². The predicted molar refractivity (Wildman–Crippen MR) is 154 cm³/mol. The molecule has 3 N–H and O–H groups in total. The lowest BCUT2D eigenvalue weighted by Gasteiger charge is -2.25. The van der Waals surface area contributed by atoms with E-state index in [0.29, 0.717) is 36.9 Å². The van der Waals surface area contributed by atoms with Gasteiger partial charge in [0.05, 0.1) is 0 Å². The summed E-state index contributed by atoms with van der Waals surface area (Å²) in [5.74, 6) is -2.21. The summed E-state index contributed by atoms with van der Waals surface area (Å²) in [6.45, 7) is 0.529. The monoisotopic (exact) mass is 609 g/mol. The fraction of sp³-hybridized carbons (Fsp3) is 0.333. The van der Waals surface area contributed by atoms with Gasteiger partial charge in [-0.25, -0.2) is 4.39 Å². The molecule has 224 valence electrons. The number of carbonyl (C=O) groups excluding carboxylic acids is 4. The molecule has 0 spiro atoms. The molecule has 0 radical (unpaired) electrons. The van der Waals surface area contributed by atoms with Crippen LogP contribution in [-0.2, 0) is 20.8 Å². The van der Waals surface area contributed by atoms with Crippen molar-refractivity contribution in [2.24, 2.45) is 5.92 Å². The van der Waals surface area contributed by atoms with Crippen molar-refractivity contribution in [3.05, 3.63) is 93.0 Å². The molecule has 2 aromatic heterocycles. The van der Waals surface area contributed by atoms with Gasteiger partial charge in [0.15, 0.2) is 11.5 Å². The zero-order valence-corrected chi connectivity index (χ0v) is 23.7. The highest BCUT2D eigenvalue weighted by atomic mass is 35.5. The van der Waals surface area contributed by atoms with Gasteiger partial charge in [0.25, 0.3) is 11.5 Å². The van der Waals surface area contributed by atoms with E-state index in [0.717, 1.165) is 6.42 Å². The first kappa shape index (κ1) is 29.9. The van der Waals surface area contributed by atoms with Gasteiger partial charge < -0.3 is 25.0 Å². The van der Waals surface area contributed by atoms with E-state index < -0.39 is 35.3 Å². The Morgan fingerprint density at radius 3 is 2.63 bits per heavy atom. The van der Waals surface area contributed by atoms with E-state index in [1.54, 1.807) is 6.08 Å². The van der Waals surface area contributed by atoms with Gasteiger partial charge in [-0.1, -0.05) is 23.4 Å². The maximum Gasteiger partial charge on any atom is 0.278 e. The smallest absolute Gasteiger partial charge is 0.278 e. The van der Waals surface area contributed by atoms with Gasteiger partial charge in [0, 0.05) is 43.6 Å². The van der Waals surface area contributed by atoms with Gasteiger partial charge in [0.2, 0.25) is 17.0 Å². The molecular weight excluding hydrogens is 581 g/mol. The number of hydrogen-bond acceptors (Lipinski definition) is 7. The Balaban J connectivity index is 1.46. The Hall–Kier alpha value is -4.58. The van der Waals surface area contributed by atoms with E-state index >= 15 is 0 Å². The minimum absolute atomic E-state index is 0.00560. The molecule has 3 aromatic rings. The summed E-state index contributed by atoms with van der Waals surface area (Å²) in [7, 11) is 0. The van der Waals surface area contributed by atoms with Crippen molar-refractivity contribution in [3.63, 3.8) is 0 Å². The van der Waals surface area contributed by atoms with Crippen molar-refractivity contribution in [2.45, 2.75) is 50.6 Å². The normalized spacial score (nSPS) is 18.8. The van der Waals surface area contributed by atoms with E-state index in [1.807, 2.05) is 0 Å². The van der Waals surface area contributed by atoms with E-state index in [4.69, 9.17) is 16.1 Å². The Morgan fingerprint density at radius 2 is 1.98 bits per heavy atom. The molecule has 1 saturated carbocycles. The van der Waals surface area contributed by atoms with Crippen LogP contribution < -0.4 is 21.5 Å². The third-order valence-corrected chi connectivity index (χ3v) is 7.73. The van der Waals surface area contributed by atoms with E-state index in [1.165, 1.54) is 53.2 Å². The summed E-state index contributed by atoms with van der Waals surface area (Å²) in [5.41, 5.74) is 0.239. The number of anilines is 1. The highest BCUT2D eigenvalue weighted by molar-refractivity contribution is 6.29. The number of hydrogen-bond donors (Lipinski definition) is 3. The fourth-order valence-electron chi connectivity index (χ4n) is 5.34. The lowest BCUT2D eigenvalue weighted by Crippen LogP contribution is -2.44. The number of rotatable bonds is 10. The number of amides is 3. The second-order valence-corrected chi connectivity index (χ2v) is 10.9. The van der Waals surface area contributed by atoms with Gasteiger partial charge >= 0.3 is 0 Å². The lowest BCUT2D eigenvalue weighted by molar-refractivity contribution is -0.126. The molecule has 43 heavy (non-hydrogen) atoms. The van der Waals surface area contributed by atoms with E-state index in [2.05, 4.69) is 21.1 Å². The van der Waals surface area contributed by atoms with Crippen LogP contribution in [0.2, 0.25) is 5.22 Å². The van der Waals surface area contributed by atoms with Crippen LogP contribution in [0.1, 0.15) is 54.2 Å². The Labute approximate surface area is 250 Å². The largest absolute Gasteiger partial charge is 0.356 e. The topological polar surface area (TPSA) is 152 Å². The molecule has 0 bridgehead atoms. The number of allylic oxidation sites excluding steroid dienone is 1. The molecule has 3 amide bonds. The number of benzene rings is 1. The number of nitrogens with one attached hydrogen (secondary N) is 3. The lowest BCUT2D eigenvalue weighted by atomic mass is 9.95. The SMILES string of the molecule is O=C1CCC/C1=C\[C@H](C[C@@H]1CCNC1=O)NC(=O)[C@H](Cc1ccc(F)cc1)n1cccc(NC(=O)c2cc(Cl)on2)c1=O. The van der Waals surface area contributed by atoms with Crippen LogP contribution in [0.5, 0.6) is 0 Å². The first-order valence-corrected chi connectivity index (χ1v) is 14.3.